The topological polar surface area (TPSA) is 40.5 Å². The van der Waals surface area contributed by atoms with Gasteiger partial charge in [0.2, 0.25) is 0 Å². The third-order valence-electron chi connectivity index (χ3n) is 4.87. The van der Waals surface area contributed by atoms with Crippen LogP contribution >= 0.6 is 0 Å². The Kier molecular flexibility index (Phi) is 7.24. The van der Waals surface area contributed by atoms with Gasteiger partial charge in [0, 0.05) is 6.61 Å². The zero-order chi connectivity index (χ0) is 15.9. The molecule has 2 aliphatic rings. The number of aliphatic hydroxyl groups is 1. The highest BCUT2D eigenvalue weighted by atomic mass is 16.3. The molecule has 0 spiro atoms. The Balaban J connectivity index is 0.000000395. The highest BCUT2D eigenvalue weighted by Gasteiger charge is 2.41. The van der Waals surface area contributed by atoms with Crippen molar-refractivity contribution in [1.82, 2.24) is 0 Å². The summed E-state index contributed by atoms with van der Waals surface area (Å²) in [5.41, 5.74) is 3.24. The van der Waals surface area contributed by atoms with Crippen LogP contribution in [0.4, 0.5) is 0 Å². The molecular weight excluding hydrogens is 260 g/mol. The third kappa shape index (κ3) is 4.00. The number of rotatable bonds is 0. The Morgan fingerprint density at radius 2 is 1.86 bits per heavy atom. The minimum Gasteiger partial charge on any atom is -0.508 e. The summed E-state index contributed by atoms with van der Waals surface area (Å²) >= 11 is 0. The fraction of sp³-hybridized carbons (Fsp3) is 0.684. The molecule has 1 aromatic carbocycles. The lowest BCUT2D eigenvalue weighted by Crippen LogP contribution is -2.39. The van der Waals surface area contributed by atoms with Gasteiger partial charge in [-0.1, -0.05) is 39.7 Å². The summed E-state index contributed by atoms with van der Waals surface area (Å²) in [5.74, 6) is 1.28. The Morgan fingerprint density at radius 3 is 2.52 bits per heavy atom. The number of aromatic hydroxyl groups is 1. The molecule has 0 radical (unpaired) electrons. The average Bonchev–Trinajstić information content (AvgIpc) is 2.50. The van der Waals surface area contributed by atoms with E-state index in [2.05, 4.69) is 13.0 Å². The molecule has 3 rings (SSSR count). The maximum absolute atomic E-state index is 9.69. The van der Waals surface area contributed by atoms with E-state index >= 15 is 0 Å². The molecule has 0 aliphatic heterocycles. The molecule has 2 N–H and O–H groups in total. The van der Waals surface area contributed by atoms with Crippen LogP contribution in [0.15, 0.2) is 18.2 Å². The lowest BCUT2D eigenvalue weighted by atomic mass is 9.58. The molecule has 1 unspecified atom stereocenters. The van der Waals surface area contributed by atoms with Crippen LogP contribution in [0.5, 0.6) is 5.75 Å². The van der Waals surface area contributed by atoms with Crippen LogP contribution in [0, 0.1) is 5.92 Å². The van der Waals surface area contributed by atoms with Crippen LogP contribution in [0.25, 0.3) is 0 Å². The monoisotopic (exact) mass is 292 g/mol. The van der Waals surface area contributed by atoms with Gasteiger partial charge in [-0.05, 0) is 67.2 Å². The molecule has 0 bridgehead atoms. The van der Waals surface area contributed by atoms with Crippen molar-refractivity contribution < 1.29 is 10.2 Å². The average molecular weight is 292 g/mol. The predicted octanol–water partition coefficient (Wildman–Crippen LogP) is 4.81. The first kappa shape index (κ1) is 18.0. The lowest BCUT2D eigenvalue weighted by molar-refractivity contribution is 0.177. The number of fused-ring (bicyclic) bond motifs is 3. The molecule has 2 aliphatic carbocycles. The van der Waals surface area contributed by atoms with Crippen LogP contribution in [0.2, 0.25) is 0 Å². The summed E-state index contributed by atoms with van der Waals surface area (Å²) in [6.07, 6.45) is 7.97. The van der Waals surface area contributed by atoms with Gasteiger partial charge < -0.3 is 10.2 Å². The molecule has 0 amide bonds. The fourth-order valence-electron chi connectivity index (χ4n) is 3.87. The summed E-state index contributed by atoms with van der Waals surface area (Å²) in [7, 11) is 0. The molecule has 0 saturated heterocycles. The van der Waals surface area contributed by atoms with Crippen LogP contribution in [-0.2, 0) is 11.8 Å². The SMILES string of the molecule is CC.CCO.C[C@]12CCCCC1CCc1ccc(O)cc12. The van der Waals surface area contributed by atoms with Gasteiger partial charge in [-0.25, -0.2) is 0 Å². The standard InChI is InChI=1S/C15H20O.C2H6O.C2H6/c1-15-9-3-2-4-12(15)7-5-11-6-8-13(16)10-14(11)15;1-2-3;1-2/h6,8,10,12,16H,2-5,7,9H2,1H3;3H,2H2,1H3;1-2H3/t12?,15-;;/m0../s1. The largest absolute Gasteiger partial charge is 0.508 e. The number of aliphatic hydroxyl groups excluding tert-OH is 1. The molecule has 0 heterocycles. The van der Waals surface area contributed by atoms with Crippen molar-refractivity contribution in [3.63, 3.8) is 0 Å². The summed E-state index contributed by atoms with van der Waals surface area (Å²) in [6, 6.07) is 5.99. The van der Waals surface area contributed by atoms with Crippen molar-refractivity contribution in [1.29, 1.82) is 0 Å². The van der Waals surface area contributed by atoms with Gasteiger partial charge in [0.1, 0.15) is 5.75 Å². The van der Waals surface area contributed by atoms with Crippen molar-refractivity contribution >= 4 is 0 Å². The zero-order valence-corrected chi connectivity index (χ0v) is 14.2. The summed E-state index contributed by atoms with van der Waals surface area (Å²) in [5, 5.41) is 17.3. The molecular formula is C19H32O2. The summed E-state index contributed by atoms with van der Waals surface area (Å²) < 4.78 is 0. The molecule has 2 nitrogen and oxygen atoms in total. The van der Waals surface area contributed by atoms with Gasteiger partial charge in [0.15, 0.2) is 0 Å². The molecule has 120 valence electrons. The van der Waals surface area contributed by atoms with Gasteiger partial charge in [-0.2, -0.15) is 0 Å². The van der Waals surface area contributed by atoms with E-state index in [0.717, 1.165) is 5.92 Å². The Labute approximate surface area is 130 Å². The summed E-state index contributed by atoms with van der Waals surface area (Å²) in [4.78, 5) is 0. The minimum atomic E-state index is 0.250. The first-order valence-corrected chi connectivity index (χ1v) is 8.55. The first-order chi connectivity index (χ1) is 10.1. The van der Waals surface area contributed by atoms with Crippen molar-refractivity contribution in [3.05, 3.63) is 29.3 Å². The normalized spacial score (nSPS) is 26.2. The number of hydrogen-bond donors (Lipinski definition) is 2. The van der Waals surface area contributed by atoms with E-state index in [1.54, 1.807) is 6.92 Å². The molecule has 21 heavy (non-hydrogen) atoms. The van der Waals surface area contributed by atoms with Crippen molar-refractivity contribution in [3.8, 4) is 5.75 Å². The maximum atomic E-state index is 9.69. The number of phenolic OH excluding ortho intramolecular Hbond substituents is 1. The number of hydrogen-bond acceptors (Lipinski definition) is 2. The molecule has 2 heteroatoms. The van der Waals surface area contributed by atoms with E-state index < -0.39 is 0 Å². The molecule has 1 fully saturated rings. The Hall–Kier alpha value is -1.02. The fourth-order valence-corrected chi connectivity index (χ4v) is 3.87. The van der Waals surface area contributed by atoms with Crippen LogP contribution in [-0.4, -0.2) is 16.8 Å². The van der Waals surface area contributed by atoms with Gasteiger partial charge in [-0.3, -0.25) is 0 Å². The van der Waals surface area contributed by atoms with E-state index in [-0.39, 0.29) is 6.61 Å². The smallest absolute Gasteiger partial charge is 0.115 e. The first-order valence-electron chi connectivity index (χ1n) is 8.55. The Bertz CT molecular complexity index is 428. The summed E-state index contributed by atoms with van der Waals surface area (Å²) in [6.45, 7) is 8.34. The maximum Gasteiger partial charge on any atom is 0.115 e. The van der Waals surface area contributed by atoms with Gasteiger partial charge in [0.05, 0.1) is 0 Å². The van der Waals surface area contributed by atoms with E-state index in [4.69, 9.17) is 5.11 Å². The van der Waals surface area contributed by atoms with E-state index in [1.807, 2.05) is 26.0 Å². The highest BCUT2D eigenvalue weighted by Crippen LogP contribution is 2.50. The lowest BCUT2D eigenvalue weighted by Gasteiger charge is -2.46. The predicted molar refractivity (Wildman–Crippen MR) is 89.8 cm³/mol. The quantitative estimate of drug-likeness (QED) is 0.720. The van der Waals surface area contributed by atoms with Crippen molar-refractivity contribution in [2.45, 2.75) is 71.6 Å². The third-order valence-corrected chi connectivity index (χ3v) is 4.87. The van der Waals surface area contributed by atoms with Gasteiger partial charge in [-0.15, -0.1) is 0 Å². The number of phenols is 1. The second kappa shape index (κ2) is 8.43. The van der Waals surface area contributed by atoms with Crippen molar-refractivity contribution in [2.24, 2.45) is 5.92 Å². The van der Waals surface area contributed by atoms with Crippen LogP contribution < -0.4 is 0 Å². The molecule has 2 atom stereocenters. The number of benzene rings is 1. The van der Waals surface area contributed by atoms with Gasteiger partial charge in [0.25, 0.3) is 0 Å². The number of aryl methyl sites for hydroxylation is 1. The van der Waals surface area contributed by atoms with E-state index in [9.17, 15) is 5.11 Å². The molecule has 1 aromatic rings. The molecule has 0 aromatic heterocycles. The Morgan fingerprint density at radius 1 is 1.19 bits per heavy atom. The second-order valence-corrected chi connectivity index (χ2v) is 6.06. The van der Waals surface area contributed by atoms with Crippen molar-refractivity contribution in [2.75, 3.05) is 6.61 Å². The van der Waals surface area contributed by atoms with Crippen LogP contribution in [0.1, 0.15) is 70.9 Å². The minimum absolute atomic E-state index is 0.250. The second-order valence-electron chi connectivity index (χ2n) is 6.06. The zero-order valence-electron chi connectivity index (χ0n) is 14.2. The van der Waals surface area contributed by atoms with E-state index in [1.165, 1.54) is 49.7 Å². The van der Waals surface area contributed by atoms with Gasteiger partial charge >= 0.3 is 0 Å². The highest BCUT2D eigenvalue weighted by molar-refractivity contribution is 5.42. The van der Waals surface area contributed by atoms with E-state index in [0.29, 0.717) is 11.2 Å². The molecule has 1 saturated carbocycles. The van der Waals surface area contributed by atoms with Crippen LogP contribution in [0.3, 0.4) is 0 Å².